The zero-order chi connectivity index (χ0) is 20.2. The predicted octanol–water partition coefficient (Wildman–Crippen LogP) is 3.49. The van der Waals surface area contributed by atoms with Crippen LogP contribution in [0, 0.1) is 0 Å². The highest BCUT2D eigenvalue weighted by Gasteiger charge is 2.06. The molecule has 6 nitrogen and oxygen atoms in total. The van der Waals surface area contributed by atoms with Crippen LogP contribution >= 0.6 is 0 Å². The standard InChI is InChI=1S/C22H31N3O3/c1-4-23-22(25-16-18-7-10-19(26)11-8-18)24-14-13-17-9-12-20(27-5-2)21(15-17)28-6-3/h7-12,15,26H,4-6,13-14,16H2,1-3H3,(H2,23,24,25). The molecule has 0 saturated heterocycles. The minimum Gasteiger partial charge on any atom is -0.508 e. The lowest BCUT2D eigenvalue weighted by Gasteiger charge is -2.14. The van der Waals surface area contributed by atoms with Crippen LogP contribution in [0.15, 0.2) is 47.5 Å². The zero-order valence-electron chi connectivity index (χ0n) is 17.0. The molecule has 0 heterocycles. The Hall–Kier alpha value is -2.89. The minimum atomic E-state index is 0.263. The van der Waals surface area contributed by atoms with E-state index < -0.39 is 0 Å². The van der Waals surface area contributed by atoms with Crippen molar-refractivity contribution < 1.29 is 14.6 Å². The number of aromatic hydroxyl groups is 1. The van der Waals surface area contributed by atoms with Gasteiger partial charge >= 0.3 is 0 Å². The summed E-state index contributed by atoms with van der Waals surface area (Å²) in [6.07, 6.45) is 0.843. The van der Waals surface area contributed by atoms with E-state index in [1.165, 1.54) is 5.56 Å². The van der Waals surface area contributed by atoms with Crippen molar-refractivity contribution in [3.63, 3.8) is 0 Å². The first-order chi connectivity index (χ1) is 13.7. The van der Waals surface area contributed by atoms with E-state index in [1.54, 1.807) is 12.1 Å². The SMILES string of the molecule is CCNC(=NCc1ccc(O)cc1)NCCc1ccc(OCC)c(OCC)c1. The molecule has 2 aromatic carbocycles. The Morgan fingerprint density at radius 1 is 0.893 bits per heavy atom. The number of hydrogen-bond acceptors (Lipinski definition) is 4. The molecule has 152 valence electrons. The first-order valence-corrected chi connectivity index (χ1v) is 9.84. The number of hydrogen-bond donors (Lipinski definition) is 3. The van der Waals surface area contributed by atoms with Gasteiger partial charge in [-0.3, -0.25) is 0 Å². The smallest absolute Gasteiger partial charge is 0.191 e. The number of phenolic OH excluding ortho intramolecular Hbond substituents is 1. The van der Waals surface area contributed by atoms with Crippen LogP contribution < -0.4 is 20.1 Å². The number of rotatable bonds is 10. The zero-order valence-corrected chi connectivity index (χ0v) is 17.0. The van der Waals surface area contributed by atoms with Crippen LogP contribution in [0.25, 0.3) is 0 Å². The van der Waals surface area contributed by atoms with Gasteiger partial charge in [0.2, 0.25) is 0 Å². The molecule has 0 atom stereocenters. The monoisotopic (exact) mass is 385 g/mol. The summed E-state index contributed by atoms with van der Waals surface area (Å²) in [5.74, 6) is 2.60. The van der Waals surface area contributed by atoms with Crippen LogP contribution in [0.4, 0.5) is 0 Å². The fourth-order valence-corrected chi connectivity index (χ4v) is 2.69. The number of aliphatic imine (C=N–C) groups is 1. The highest BCUT2D eigenvalue weighted by atomic mass is 16.5. The summed E-state index contributed by atoms with van der Waals surface area (Å²) in [7, 11) is 0. The normalized spacial score (nSPS) is 11.2. The van der Waals surface area contributed by atoms with E-state index in [-0.39, 0.29) is 5.75 Å². The molecule has 0 bridgehead atoms. The summed E-state index contributed by atoms with van der Waals surface area (Å²) in [5.41, 5.74) is 2.22. The molecule has 0 aliphatic rings. The predicted molar refractivity (Wildman–Crippen MR) is 113 cm³/mol. The molecule has 28 heavy (non-hydrogen) atoms. The second-order valence-electron chi connectivity index (χ2n) is 6.19. The summed E-state index contributed by atoms with van der Waals surface area (Å²) in [6, 6.07) is 13.2. The quantitative estimate of drug-likeness (QED) is 0.431. The summed E-state index contributed by atoms with van der Waals surface area (Å²) in [6.45, 7) is 9.29. The van der Waals surface area contributed by atoms with Gasteiger partial charge < -0.3 is 25.2 Å². The molecule has 6 heteroatoms. The molecule has 3 N–H and O–H groups in total. The number of ether oxygens (including phenoxy) is 2. The van der Waals surface area contributed by atoms with Crippen molar-refractivity contribution in [3.05, 3.63) is 53.6 Å². The Morgan fingerprint density at radius 2 is 1.57 bits per heavy atom. The highest BCUT2D eigenvalue weighted by Crippen LogP contribution is 2.28. The first-order valence-electron chi connectivity index (χ1n) is 9.84. The third kappa shape index (κ3) is 7.02. The van der Waals surface area contributed by atoms with Gasteiger partial charge in [0.15, 0.2) is 17.5 Å². The third-order valence-corrected chi connectivity index (χ3v) is 4.01. The van der Waals surface area contributed by atoms with Gasteiger partial charge in [0.1, 0.15) is 5.75 Å². The van der Waals surface area contributed by atoms with Gasteiger partial charge in [-0.25, -0.2) is 4.99 Å². The fraction of sp³-hybridized carbons (Fsp3) is 0.409. The van der Waals surface area contributed by atoms with Crippen LogP contribution in [0.3, 0.4) is 0 Å². The second kappa shape index (κ2) is 11.7. The minimum absolute atomic E-state index is 0.263. The van der Waals surface area contributed by atoms with E-state index in [0.717, 1.165) is 42.5 Å². The van der Waals surface area contributed by atoms with E-state index in [0.29, 0.717) is 19.8 Å². The van der Waals surface area contributed by atoms with Crippen LogP contribution in [0.2, 0.25) is 0 Å². The summed E-state index contributed by atoms with van der Waals surface area (Å²) < 4.78 is 11.3. The van der Waals surface area contributed by atoms with Crippen molar-refractivity contribution >= 4 is 5.96 Å². The Kier molecular flexibility index (Phi) is 8.98. The van der Waals surface area contributed by atoms with Gasteiger partial charge in [0.05, 0.1) is 19.8 Å². The Bertz CT molecular complexity index is 745. The summed E-state index contributed by atoms with van der Waals surface area (Å²) >= 11 is 0. The van der Waals surface area contributed by atoms with Crippen molar-refractivity contribution in [2.24, 2.45) is 4.99 Å². The molecule has 0 aliphatic carbocycles. The van der Waals surface area contributed by atoms with Gasteiger partial charge in [-0.1, -0.05) is 18.2 Å². The van der Waals surface area contributed by atoms with Crippen LogP contribution in [0.5, 0.6) is 17.2 Å². The topological polar surface area (TPSA) is 75.1 Å². The molecule has 0 radical (unpaired) electrons. The van der Waals surface area contributed by atoms with Crippen molar-refractivity contribution in [1.29, 1.82) is 0 Å². The van der Waals surface area contributed by atoms with E-state index in [1.807, 2.05) is 45.0 Å². The van der Waals surface area contributed by atoms with Crippen LogP contribution in [0.1, 0.15) is 31.9 Å². The number of phenols is 1. The van der Waals surface area contributed by atoms with Crippen molar-refractivity contribution in [1.82, 2.24) is 10.6 Å². The molecule has 0 aromatic heterocycles. The molecule has 0 amide bonds. The van der Waals surface area contributed by atoms with Crippen LogP contribution in [-0.2, 0) is 13.0 Å². The van der Waals surface area contributed by atoms with Gasteiger partial charge in [-0.15, -0.1) is 0 Å². The Morgan fingerprint density at radius 3 is 2.25 bits per heavy atom. The number of guanidine groups is 1. The first kappa shape index (κ1) is 21.4. The van der Waals surface area contributed by atoms with E-state index in [4.69, 9.17) is 9.47 Å². The lowest BCUT2D eigenvalue weighted by atomic mass is 10.1. The molecular formula is C22H31N3O3. The van der Waals surface area contributed by atoms with E-state index in [2.05, 4.69) is 21.7 Å². The van der Waals surface area contributed by atoms with Gasteiger partial charge in [-0.2, -0.15) is 0 Å². The summed E-state index contributed by atoms with van der Waals surface area (Å²) in [5, 5.41) is 16.0. The van der Waals surface area contributed by atoms with E-state index >= 15 is 0 Å². The van der Waals surface area contributed by atoms with Crippen molar-refractivity contribution in [3.8, 4) is 17.2 Å². The molecule has 2 aromatic rings. The molecule has 2 rings (SSSR count). The Balaban J connectivity index is 1.93. The van der Waals surface area contributed by atoms with Gasteiger partial charge in [-0.05, 0) is 62.6 Å². The largest absolute Gasteiger partial charge is 0.508 e. The average molecular weight is 386 g/mol. The van der Waals surface area contributed by atoms with Crippen LogP contribution in [-0.4, -0.2) is 37.4 Å². The number of nitrogens with zero attached hydrogens (tertiary/aromatic N) is 1. The Labute approximate surface area is 167 Å². The second-order valence-corrected chi connectivity index (χ2v) is 6.19. The highest BCUT2D eigenvalue weighted by molar-refractivity contribution is 5.79. The molecule has 0 spiro atoms. The maximum atomic E-state index is 9.37. The maximum absolute atomic E-state index is 9.37. The molecule has 0 unspecified atom stereocenters. The molecule has 0 saturated carbocycles. The van der Waals surface area contributed by atoms with Crippen molar-refractivity contribution in [2.75, 3.05) is 26.3 Å². The lowest BCUT2D eigenvalue weighted by Crippen LogP contribution is -2.38. The van der Waals surface area contributed by atoms with Gasteiger partial charge in [0.25, 0.3) is 0 Å². The number of nitrogens with one attached hydrogen (secondary N) is 2. The molecular weight excluding hydrogens is 354 g/mol. The maximum Gasteiger partial charge on any atom is 0.191 e. The third-order valence-electron chi connectivity index (χ3n) is 4.01. The summed E-state index contributed by atoms with van der Waals surface area (Å²) in [4.78, 5) is 4.60. The number of benzene rings is 2. The van der Waals surface area contributed by atoms with Crippen molar-refractivity contribution in [2.45, 2.75) is 33.7 Å². The van der Waals surface area contributed by atoms with Gasteiger partial charge in [0, 0.05) is 13.1 Å². The van der Waals surface area contributed by atoms with E-state index in [9.17, 15) is 5.11 Å². The lowest BCUT2D eigenvalue weighted by molar-refractivity contribution is 0.287. The average Bonchev–Trinajstić information content (AvgIpc) is 2.69. The fourth-order valence-electron chi connectivity index (χ4n) is 2.69. The molecule has 0 aliphatic heterocycles. The molecule has 0 fully saturated rings.